The van der Waals surface area contributed by atoms with Crippen LogP contribution in [0.4, 0.5) is 11.4 Å². The Bertz CT molecular complexity index is 656. The lowest BCUT2D eigenvalue weighted by Crippen LogP contribution is -2.12. The molecule has 0 aromatic heterocycles. The molecule has 1 N–H and O–H groups in total. The zero-order chi connectivity index (χ0) is 15.0. The summed E-state index contributed by atoms with van der Waals surface area (Å²) in [5.41, 5.74) is 8.02. The van der Waals surface area contributed by atoms with Gasteiger partial charge in [0.15, 0.2) is 0 Å². The van der Waals surface area contributed by atoms with Crippen LogP contribution in [0.2, 0.25) is 0 Å². The van der Waals surface area contributed by atoms with Crippen LogP contribution in [0.15, 0.2) is 34.8 Å². The Morgan fingerprint density at radius 3 is 2.57 bits per heavy atom. The Morgan fingerprint density at radius 2 is 1.86 bits per heavy atom. The highest BCUT2D eigenvalue weighted by atomic mass is 79.9. The maximum atomic E-state index is 3.59. The SMILES string of the molecule is Cc1cc(Br)cc(C)c1NCc1ccc2c(c1)CCN2C. The number of halogens is 1. The summed E-state index contributed by atoms with van der Waals surface area (Å²) in [6, 6.07) is 11.1. The zero-order valence-electron chi connectivity index (χ0n) is 12.8. The molecule has 0 amide bonds. The van der Waals surface area contributed by atoms with E-state index in [0.29, 0.717) is 0 Å². The lowest BCUT2D eigenvalue weighted by Gasteiger charge is -2.15. The van der Waals surface area contributed by atoms with Gasteiger partial charge in [-0.2, -0.15) is 0 Å². The quantitative estimate of drug-likeness (QED) is 0.870. The van der Waals surface area contributed by atoms with Crippen molar-refractivity contribution < 1.29 is 0 Å². The van der Waals surface area contributed by atoms with Crippen LogP contribution in [-0.2, 0) is 13.0 Å². The van der Waals surface area contributed by atoms with E-state index < -0.39 is 0 Å². The largest absolute Gasteiger partial charge is 0.381 e. The number of hydrogen-bond acceptors (Lipinski definition) is 2. The molecule has 0 radical (unpaired) electrons. The predicted molar refractivity (Wildman–Crippen MR) is 94.4 cm³/mol. The van der Waals surface area contributed by atoms with Crippen LogP contribution in [0.1, 0.15) is 22.3 Å². The van der Waals surface area contributed by atoms with E-state index in [9.17, 15) is 0 Å². The van der Waals surface area contributed by atoms with Crippen LogP contribution in [0.3, 0.4) is 0 Å². The number of likely N-dealkylation sites (N-methyl/N-ethyl adjacent to an activating group) is 1. The van der Waals surface area contributed by atoms with E-state index in [1.165, 1.54) is 33.6 Å². The fourth-order valence-electron chi connectivity index (χ4n) is 3.11. The van der Waals surface area contributed by atoms with Gasteiger partial charge in [-0.15, -0.1) is 0 Å². The van der Waals surface area contributed by atoms with Crippen LogP contribution in [0.25, 0.3) is 0 Å². The molecular weight excluding hydrogens is 324 g/mol. The topological polar surface area (TPSA) is 15.3 Å². The van der Waals surface area contributed by atoms with Gasteiger partial charge in [-0.25, -0.2) is 0 Å². The molecule has 0 unspecified atom stereocenters. The van der Waals surface area contributed by atoms with Crippen molar-refractivity contribution in [3.8, 4) is 0 Å². The second-order valence-electron chi connectivity index (χ2n) is 5.90. The third-order valence-electron chi connectivity index (χ3n) is 4.24. The lowest BCUT2D eigenvalue weighted by atomic mass is 10.1. The van der Waals surface area contributed by atoms with Crippen molar-refractivity contribution in [1.82, 2.24) is 0 Å². The Kier molecular flexibility index (Phi) is 3.94. The van der Waals surface area contributed by atoms with E-state index in [4.69, 9.17) is 0 Å². The van der Waals surface area contributed by atoms with Gasteiger partial charge in [0.25, 0.3) is 0 Å². The summed E-state index contributed by atoms with van der Waals surface area (Å²) in [6.45, 7) is 6.31. The summed E-state index contributed by atoms with van der Waals surface area (Å²) in [5.74, 6) is 0. The molecule has 1 heterocycles. The van der Waals surface area contributed by atoms with Crippen molar-refractivity contribution in [2.45, 2.75) is 26.8 Å². The van der Waals surface area contributed by atoms with E-state index in [1.54, 1.807) is 0 Å². The molecule has 2 aromatic rings. The van der Waals surface area contributed by atoms with E-state index in [1.807, 2.05) is 0 Å². The predicted octanol–water partition coefficient (Wildman–Crippen LogP) is 4.67. The van der Waals surface area contributed by atoms with Crippen molar-refractivity contribution in [3.05, 3.63) is 57.1 Å². The number of benzene rings is 2. The van der Waals surface area contributed by atoms with Gasteiger partial charge in [-0.3, -0.25) is 0 Å². The first kappa shape index (κ1) is 14.5. The van der Waals surface area contributed by atoms with E-state index in [0.717, 1.165) is 24.0 Å². The molecule has 21 heavy (non-hydrogen) atoms. The minimum Gasteiger partial charge on any atom is -0.381 e. The first-order valence-corrected chi connectivity index (χ1v) is 8.17. The molecule has 110 valence electrons. The van der Waals surface area contributed by atoms with Gasteiger partial charge in [0.2, 0.25) is 0 Å². The molecule has 0 bridgehead atoms. The molecule has 0 spiro atoms. The van der Waals surface area contributed by atoms with Gasteiger partial charge in [-0.1, -0.05) is 28.1 Å². The molecular formula is C18H21BrN2. The number of anilines is 2. The average molecular weight is 345 g/mol. The molecule has 0 fully saturated rings. The van der Waals surface area contributed by atoms with Gasteiger partial charge in [0, 0.05) is 36.0 Å². The molecule has 0 aliphatic carbocycles. The minimum absolute atomic E-state index is 0.875. The first-order chi connectivity index (χ1) is 10.0. The fourth-order valence-corrected chi connectivity index (χ4v) is 3.80. The molecule has 2 aromatic carbocycles. The maximum Gasteiger partial charge on any atom is 0.0403 e. The molecule has 3 heteroatoms. The Morgan fingerprint density at radius 1 is 1.14 bits per heavy atom. The van der Waals surface area contributed by atoms with Crippen molar-refractivity contribution in [2.75, 3.05) is 23.8 Å². The van der Waals surface area contributed by atoms with Gasteiger partial charge in [-0.05, 0) is 60.7 Å². The van der Waals surface area contributed by atoms with Gasteiger partial charge in [0.05, 0.1) is 0 Å². The number of aryl methyl sites for hydroxylation is 2. The van der Waals surface area contributed by atoms with Crippen LogP contribution in [-0.4, -0.2) is 13.6 Å². The highest BCUT2D eigenvalue weighted by Crippen LogP contribution is 2.29. The standard InChI is InChI=1S/C18H21BrN2/c1-12-8-16(19)9-13(2)18(12)20-11-14-4-5-17-15(10-14)6-7-21(17)3/h4-5,8-10,20H,6-7,11H2,1-3H3. The van der Waals surface area contributed by atoms with Crippen molar-refractivity contribution in [3.63, 3.8) is 0 Å². The molecule has 0 saturated carbocycles. The fraction of sp³-hybridized carbons (Fsp3) is 0.333. The van der Waals surface area contributed by atoms with Crippen molar-refractivity contribution in [1.29, 1.82) is 0 Å². The third-order valence-corrected chi connectivity index (χ3v) is 4.70. The number of hydrogen-bond donors (Lipinski definition) is 1. The second-order valence-corrected chi connectivity index (χ2v) is 6.82. The van der Waals surface area contributed by atoms with E-state index in [-0.39, 0.29) is 0 Å². The lowest BCUT2D eigenvalue weighted by molar-refractivity contribution is 0.955. The minimum atomic E-state index is 0.875. The van der Waals surface area contributed by atoms with Crippen molar-refractivity contribution in [2.24, 2.45) is 0 Å². The summed E-state index contributed by atoms with van der Waals surface area (Å²) >= 11 is 3.55. The maximum absolute atomic E-state index is 3.59. The van der Waals surface area contributed by atoms with Crippen molar-refractivity contribution >= 4 is 27.3 Å². The summed E-state index contributed by atoms with van der Waals surface area (Å²) in [6.07, 6.45) is 1.16. The number of nitrogens with zero attached hydrogens (tertiary/aromatic N) is 1. The van der Waals surface area contributed by atoms with Crippen LogP contribution < -0.4 is 10.2 Å². The zero-order valence-corrected chi connectivity index (χ0v) is 14.4. The summed E-state index contributed by atoms with van der Waals surface area (Å²) in [4.78, 5) is 2.33. The molecule has 2 nitrogen and oxygen atoms in total. The van der Waals surface area contributed by atoms with E-state index >= 15 is 0 Å². The van der Waals surface area contributed by atoms with Gasteiger partial charge in [0.1, 0.15) is 0 Å². The van der Waals surface area contributed by atoms with Crippen LogP contribution in [0, 0.1) is 13.8 Å². The highest BCUT2D eigenvalue weighted by molar-refractivity contribution is 9.10. The molecule has 0 atom stereocenters. The van der Waals surface area contributed by atoms with Gasteiger partial charge >= 0.3 is 0 Å². The van der Waals surface area contributed by atoms with E-state index in [2.05, 4.69) is 77.4 Å². The molecule has 0 saturated heterocycles. The Balaban J connectivity index is 1.77. The number of fused-ring (bicyclic) bond motifs is 1. The average Bonchev–Trinajstić information content (AvgIpc) is 2.79. The molecule has 1 aliphatic heterocycles. The van der Waals surface area contributed by atoms with Crippen LogP contribution >= 0.6 is 15.9 Å². The third kappa shape index (κ3) is 2.93. The second kappa shape index (κ2) is 5.72. The number of rotatable bonds is 3. The smallest absolute Gasteiger partial charge is 0.0403 e. The highest BCUT2D eigenvalue weighted by Gasteiger charge is 2.15. The Labute approximate surface area is 135 Å². The molecule has 1 aliphatic rings. The first-order valence-electron chi connectivity index (χ1n) is 7.38. The summed E-state index contributed by atoms with van der Waals surface area (Å²) in [5, 5.41) is 3.59. The summed E-state index contributed by atoms with van der Waals surface area (Å²) < 4.78 is 1.14. The monoisotopic (exact) mass is 344 g/mol. The van der Waals surface area contributed by atoms with Crippen LogP contribution in [0.5, 0.6) is 0 Å². The molecule has 3 rings (SSSR count). The normalized spacial score (nSPS) is 13.4. The number of nitrogens with one attached hydrogen (secondary N) is 1. The van der Waals surface area contributed by atoms with Gasteiger partial charge < -0.3 is 10.2 Å². The summed E-state index contributed by atoms with van der Waals surface area (Å²) in [7, 11) is 2.16. The Hall–Kier alpha value is -1.48.